The molecule has 5 rings (SSSR count). The van der Waals surface area contributed by atoms with Gasteiger partial charge in [0, 0.05) is 22.1 Å². The Hall–Kier alpha value is -3.61. The first-order valence-corrected chi connectivity index (χ1v) is 11.5. The van der Waals surface area contributed by atoms with Gasteiger partial charge in [0.05, 0.1) is 30.6 Å². The van der Waals surface area contributed by atoms with Crippen molar-refractivity contribution in [1.82, 2.24) is 14.8 Å². The summed E-state index contributed by atoms with van der Waals surface area (Å²) in [5, 5.41) is 8.22. The first kappa shape index (κ1) is 21.2. The van der Waals surface area contributed by atoms with Crippen LogP contribution in [0, 0.1) is 0 Å². The van der Waals surface area contributed by atoms with Gasteiger partial charge >= 0.3 is 0 Å². The maximum Gasteiger partial charge on any atom is 0.211 e. The molecule has 0 saturated carbocycles. The molecule has 0 amide bonds. The molecule has 0 aliphatic rings. The molecule has 7 heteroatoms. The third kappa shape index (κ3) is 4.11. The largest absolute Gasteiger partial charge is 0.497 e. The van der Waals surface area contributed by atoms with Gasteiger partial charge in [-0.15, -0.1) is 11.3 Å². The average Bonchev–Trinajstić information content (AvgIpc) is 3.50. The van der Waals surface area contributed by atoms with Crippen LogP contribution in [0.4, 0.5) is 0 Å². The lowest BCUT2D eigenvalue weighted by Gasteiger charge is -2.06. The molecule has 0 atom stereocenters. The first-order chi connectivity index (χ1) is 16.2. The molecule has 3 aromatic carbocycles. The smallest absolute Gasteiger partial charge is 0.211 e. The normalized spacial score (nSPS) is 10.9. The Bertz CT molecular complexity index is 1380. The zero-order valence-electron chi connectivity index (χ0n) is 18.0. The highest BCUT2D eigenvalue weighted by Gasteiger charge is 2.22. The van der Waals surface area contributed by atoms with Gasteiger partial charge in [0.15, 0.2) is 0 Å². The Morgan fingerprint density at radius 2 is 1.36 bits per heavy atom. The number of halogens is 1. The lowest BCUT2D eigenvalue weighted by molar-refractivity contribution is 0.414. The van der Waals surface area contributed by atoms with Gasteiger partial charge in [-0.3, -0.25) is 0 Å². The summed E-state index contributed by atoms with van der Waals surface area (Å²) in [5.74, 6) is 1.55. The second-order valence-corrected chi connectivity index (χ2v) is 8.48. The second-order valence-electron chi connectivity index (χ2n) is 7.26. The summed E-state index contributed by atoms with van der Waals surface area (Å²) < 4.78 is 12.4. The standard InChI is InChI=1S/C26H20ClN3O2S/c1-31-20-12-8-18(9-13-20)24-23(27)25(19-10-14-21(32-2)15-11-19)30(29-24)26-28-22(16-33-26)17-6-4-3-5-7-17/h3-16H,1-2H3. The van der Waals surface area contributed by atoms with Crippen molar-refractivity contribution < 1.29 is 9.47 Å². The first-order valence-electron chi connectivity index (χ1n) is 10.3. The van der Waals surface area contributed by atoms with E-state index in [2.05, 4.69) is 0 Å². The zero-order valence-corrected chi connectivity index (χ0v) is 19.6. The minimum absolute atomic E-state index is 0.557. The van der Waals surface area contributed by atoms with Crippen LogP contribution in [0.1, 0.15) is 0 Å². The molecule has 2 aromatic heterocycles. The number of hydrogen-bond acceptors (Lipinski definition) is 5. The minimum Gasteiger partial charge on any atom is -0.497 e. The third-order valence-corrected chi connectivity index (χ3v) is 6.47. The van der Waals surface area contributed by atoms with Crippen LogP contribution in [0.2, 0.25) is 5.02 Å². The van der Waals surface area contributed by atoms with Crippen molar-refractivity contribution in [2.75, 3.05) is 14.2 Å². The van der Waals surface area contributed by atoms with E-state index < -0.39 is 0 Å². The van der Waals surface area contributed by atoms with E-state index in [1.165, 1.54) is 11.3 Å². The Morgan fingerprint density at radius 1 is 0.758 bits per heavy atom. The van der Waals surface area contributed by atoms with Gasteiger partial charge in [0.2, 0.25) is 5.13 Å². The fourth-order valence-corrected chi connectivity index (χ4v) is 4.70. The second kappa shape index (κ2) is 9.10. The van der Waals surface area contributed by atoms with Gasteiger partial charge in [-0.1, -0.05) is 41.9 Å². The van der Waals surface area contributed by atoms with Gasteiger partial charge in [-0.05, 0) is 48.5 Å². The molecule has 33 heavy (non-hydrogen) atoms. The van der Waals surface area contributed by atoms with Crippen LogP contribution in [0.25, 0.3) is 38.9 Å². The molecule has 0 radical (unpaired) electrons. The molecular weight excluding hydrogens is 454 g/mol. The molecule has 164 valence electrons. The Balaban J connectivity index is 1.66. The SMILES string of the molecule is COc1ccc(-c2nn(-c3nc(-c4ccccc4)cs3)c(-c3ccc(OC)cc3)c2Cl)cc1. The maximum atomic E-state index is 6.95. The highest BCUT2D eigenvalue weighted by atomic mass is 35.5. The molecular formula is C26H20ClN3O2S. The molecule has 0 unspecified atom stereocenters. The van der Waals surface area contributed by atoms with E-state index in [1.54, 1.807) is 14.2 Å². The lowest BCUT2D eigenvalue weighted by atomic mass is 10.1. The molecule has 0 saturated heterocycles. The van der Waals surface area contributed by atoms with Gasteiger partial charge in [0.25, 0.3) is 0 Å². The fraction of sp³-hybridized carbons (Fsp3) is 0.0769. The van der Waals surface area contributed by atoms with E-state index in [1.807, 2.05) is 88.9 Å². The monoisotopic (exact) mass is 473 g/mol. The number of rotatable bonds is 6. The van der Waals surface area contributed by atoms with Gasteiger partial charge in [-0.25, -0.2) is 9.67 Å². The van der Waals surface area contributed by atoms with Gasteiger partial charge in [0.1, 0.15) is 17.2 Å². The van der Waals surface area contributed by atoms with Crippen LogP contribution < -0.4 is 9.47 Å². The Labute approximate surface area is 200 Å². The minimum atomic E-state index is 0.557. The van der Waals surface area contributed by atoms with Crippen molar-refractivity contribution in [2.24, 2.45) is 0 Å². The molecule has 0 spiro atoms. The maximum absolute atomic E-state index is 6.95. The number of nitrogens with zero attached hydrogens (tertiary/aromatic N) is 3. The number of benzene rings is 3. The van der Waals surface area contributed by atoms with Crippen LogP contribution in [0.5, 0.6) is 11.5 Å². The summed E-state index contributed by atoms with van der Waals surface area (Å²) in [5.41, 5.74) is 5.23. The third-order valence-electron chi connectivity index (χ3n) is 5.30. The summed E-state index contributed by atoms with van der Waals surface area (Å²) >= 11 is 8.47. The van der Waals surface area contributed by atoms with Crippen molar-refractivity contribution in [3.8, 4) is 50.4 Å². The van der Waals surface area contributed by atoms with E-state index in [4.69, 9.17) is 31.2 Å². The number of aromatic nitrogens is 3. The molecule has 0 aliphatic heterocycles. The topological polar surface area (TPSA) is 49.2 Å². The molecule has 0 bridgehead atoms. The fourth-order valence-electron chi connectivity index (χ4n) is 3.57. The molecule has 5 aromatic rings. The Kier molecular flexibility index (Phi) is 5.86. The highest BCUT2D eigenvalue weighted by molar-refractivity contribution is 7.12. The van der Waals surface area contributed by atoms with E-state index in [0.29, 0.717) is 10.7 Å². The van der Waals surface area contributed by atoms with Crippen LogP contribution in [0.15, 0.2) is 84.2 Å². The number of thiazole rings is 1. The van der Waals surface area contributed by atoms with E-state index in [9.17, 15) is 0 Å². The average molecular weight is 474 g/mol. The van der Waals surface area contributed by atoms with E-state index in [-0.39, 0.29) is 0 Å². The summed E-state index contributed by atoms with van der Waals surface area (Å²) in [6.07, 6.45) is 0. The summed E-state index contributed by atoms with van der Waals surface area (Å²) in [6.45, 7) is 0. The zero-order chi connectivity index (χ0) is 22.8. The van der Waals surface area contributed by atoms with Crippen molar-refractivity contribution in [3.05, 3.63) is 89.3 Å². The van der Waals surface area contributed by atoms with E-state index in [0.717, 1.165) is 44.7 Å². The molecule has 2 heterocycles. The summed E-state index contributed by atoms with van der Waals surface area (Å²) in [6, 6.07) is 25.6. The predicted molar refractivity (Wildman–Crippen MR) is 134 cm³/mol. The van der Waals surface area contributed by atoms with Crippen LogP contribution in [-0.4, -0.2) is 29.0 Å². The summed E-state index contributed by atoms with van der Waals surface area (Å²) in [7, 11) is 3.29. The van der Waals surface area contributed by atoms with Crippen LogP contribution in [0.3, 0.4) is 0 Å². The van der Waals surface area contributed by atoms with Gasteiger partial charge < -0.3 is 9.47 Å². The quantitative estimate of drug-likeness (QED) is 0.266. The van der Waals surface area contributed by atoms with Crippen molar-refractivity contribution in [1.29, 1.82) is 0 Å². The Morgan fingerprint density at radius 3 is 1.97 bits per heavy atom. The highest BCUT2D eigenvalue weighted by Crippen LogP contribution is 2.39. The molecule has 5 nitrogen and oxygen atoms in total. The lowest BCUT2D eigenvalue weighted by Crippen LogP contribution is -1.99. The van der Waals surface area contributed by atoms with Crippen molar-refractivity contribution in [2.45, 2.75) is 0 Å². The number of methoxy groups -OCH3 is 2. The van der Waals surface area contributed by atoms with Crippen molar-refractivity contribution in [3.63, 3.8) is 0 Å². The predicted octanol–water partition coefficient (Wildman–Crippen LogP) is 7.00. The number of ether oxygens (including phenoxy) is 2. The van der Waals surface area contributed by atoms with Crippen LogP contribution in [-0.2, 0) is 0 Å². The van der Waals surface area contributed by atoms with Crippen molar-refractivity contribution >= 4 is 22.9 Å². The van der Waals surface area contributed by atoms with E-state index >= 15 is 0 Å². The summed E-state index contributed by atoms with van der Waals surface area (Å²) in [4.78, 5) is 4.86. The molecule has 0 N–H and O–H groups in total. The van der Waals surface area contributed by atoms with Crippen LogP contribution >= 0.6 is 22.9 Å². The molecule has 0 fully saturated rings. The van der Waals surface area contributed by atoms with Gasteiger partial charge in [-0.2, -0.15) is 5.10 Å². The molecule has 0 aliphatic carbocycles. The number of hydrogen-bond donors (Lipinski definition) is 0.